The fourth-order valence-electron chi connectivity index (χ4n) is 7.66. The van der Waals surface area contributed by atoms with Gasteiger partial charge < -0.3 is 10.2 Å². The van der Waals surface area contributed by atoms with E-state index in [-0.39, 0.29) is 29.3 Å². The maximum Gasteiger partial charge on any atom is 0.414 e. The van der Waals surface area contributed by atoms with Gasteiger partial charge in [-0.25, -0.2) is 0 Å². The van der Waals surface area contributed by atoms with Gasteiger partial charge in [-0.1, -0.05) is 44.4 Å². The number of alkyl halides is 3. The molecule has 6 nitrogen and oxygen atoms in total. The third kappa shape index (κ3) is 6.08. The molecular formula is C28H40F3NO5S. The summed E-state index contributed by atoms with van der Waals surface area (Å²) in [5, 5.41) is 20.0. The van der Waals surface area contributed by atoms with Gasteiger partial charge in [0.2, 0.25) is 0 Å². The van der Waals surface area contributed by atoms with Gasteiger partial charge >= 0.3 is 16.5 Å². The van der Waals surface area contributed by atoms with Crippen molar-refractivity contribution in [1.82, 2.24) is 0 Å². The van der Waals surface area contributed by atoms with Crippen molar-refractivity contribution in [2.75, 3.05) is 4.72 Å². The van der Waals surface area contributed by atoms with Crippen LogP contribution in [0.25, 0.3) is 0 Å². The number of anilines is 1. The molecule has 0 amide bonds. The highest BCUT2D eigenvalue weighted by Gasteiger charge is 2.60. The summed E-state index contributed by atoms with van der Waals surface area (Å²) < 4.78 is 71.3. The van der Waals surface area contributed by atoms with E-state index in [1.165, 1.54) is 5.56 Å². The summed E-state index contributed by atoms with van der Waals surface area (Å²) in [6.07, 6.45) is 5.94. The number of halogens is 3. The first kappa shape index (κ1) is 29.4. The van der Waals surface area contributed by atoms with E-state index >= 15 is 0 Å². The molecule has 1 aromatic carbocycles. The van der Waals surface area contributed by atoms with Crippen molar-refractivity contribution in [2.24, 2.45) is 16.7 Å². The van der Waals surface area contributed by atoms with Crippen molar-refractivity contribution in [2.45, 2.75) is 108 Å². The second-order valence-electron chi connectivity index (χ2n) is 11.8. The number of allylic oxidation sites excluding steroid dienone is 2. The highest BCUT2D eigenvalue weighted by molar-refractivity contribution is 7.87. The van der Waals surface area contributed by atoms with Gasteiger partial charge in [-0.2, -0.15) is 21.6 Å². The molecule has 3 aliphatic rings. The molecule has 4 rings (SSSR count). The van der Waals surface area contributed by atoms with Gasteiger partial charge in [-0.15, -0.1) is 0 Å². The highest BCUT2D eigenvalue weighted by Crippen LogP contribution is 2.67. The second kappa shape index (κ2) is 11.1. The molecule has 38 heavy (non-hydrogen) atoms. The van der Waals surface area contributed by atoms with Crippen LogP contribution in [0, 0.1) is 16.7 Å². The molecule has 0 saturated heterocycles. The fraction of sp³-hybridized carbons (Fsp3) is 0.714. The Morgan fingerprint density at radius 1 is 1.13 bits per heavy atom. The van der Waals surface area contributed by atoms with Crippen molar-refractivity contribution in [3.63, 3.8) is 0 Å². The number of aliphatic hydroxyl groups excluding tert-OH is 2. The average Bonchev–Trinajstić information content (AvgIpc) is 3.13. The number of hydrogen-bond donors (Lipinski definition) is 4. The summed E-state index contributed by atoms with van der Waals surface area (Å²) in [6, 6.07) is 5.47. The molecule has 2 fully saturated rings. The van der Waals surface area contributed by atoms with E-state index in [0.717, 1.165) is 63.4 Å². The first-order valence-corrected chi connectivity index (χ1v) is 15.2. The first-order chi connectivity index (χ1) is 17.8. The highest BCUT2D eigenvalue weighted by atomic mass is 32.2. The lowest BCUT2D eigenvalue weighted by molar-refractivity contribution is -0.205. The van der Waals surface area contributed by atoms with Crippen molar-refractivity contribution in [3.05, 3.63) is 41.5 Å². The molecule has 3 unspecified atom stereocenters. The number of unbranched alkanes of at least 4 members (excludes halogenated alkanes) is 4. The zero-order valence-electron chi connectivity index (χ0n) is 21.9. The third-order valence-corrected chi connectivity index (χ3v) is 10.0. The minimum atomic E-state index is -4.55. The van der Waals surface area contributed by atoms with E-state index < -0.39 is 22.6 Å². The van der Waals surface area contributed by atoms with E-state index in [9.17, 15) is 31.2 Å². The molecule has 214 valence electrons. The molecule has 10 heteroatoms. The van der Waals surface area contributed by atoms with E-state index in [0.29, 0.717) is 24.4 Å². The number of rotatable bonds is 10. The lowest BCUT2D eigenvalue weighted by atomic mass is 9.47. The minimum absolute atomic E-state index is 0.119. The topological polar surface area (TPSA) is 107 Å². The molecule has 1 aromatic rings. The molecule has 4 N–H and O–H groups in total. The molecule has 0 heterocycles. The van der Waals surface area contributed by atoms with Crippen LogP contribution in [0.4, 0.5) is 18.9 Å². The van der Waals surface area contributed by atoms with Crippen LogP contribution in [-0.2, 0) is 16.7 Å². The van der Waals surface area contributed by atoms with Gasteiger partial charge in [-0.3, -0.25) is 9.27 Å². The van der Waals surface area contributed by atoms with Crippen LogP contribution in [0.3, 0.4) is 0 Å². The van der Waals surface area contributed by atoms with Crippen LogP contribution in [0.15, 0.2) is 30.4 Å². The Labute approximate surface area is 223 Å². The summed E-state index contributed by atoms with van der Waals surface area (Å²) in [5.41, 5.74) is 2.36. The summed E-state index contributed by atoms with van der Waals surface area (Å²) >= 11 is 0. The van der Waals surface area contributed by atoms with E-state index in [4.69, 9.17) is 5.11 Å². The summed E-state index contributed by atoms with van der Waals surface area (Å²) in [4.78, 5) is 0. The fourth-order valence-corrected chi connectivity index (χ4v) is 8.09. The predicted molar refractivity (Wildman–Crippen MR) is 140 cm³/mol. The van der Waals surface area contributed by atoms with Crippen LogP contribution >= 0.6 is 0 Å². The van der Waals surface area contributed by atoms with Crippen molar-refractivity contribution in [1.29, 1.82) is 0 Å². The van der Waals surface area contributed by atoms with Crippen molar-refractivity contribution in [3.8, 4) is 0 Å². The number of hydrogen-bond acceptors (Lipinski definition) is 4. The van der Waals surface area contributed by atoms with Crippen LogP contribution < -0.4 is 4.72 Å². The largest absolute Gasteiger partial charge is 0.414 e. The average molecular weight is 560 g/mol. The number of benzene rings is 1. The van der Waals surface area contributed by atoms with Gasteiger partial charge in [0.15, 0.2) is 0 Å². The Bertz CT molecular complexity index is 1120. The predicted octanol–water partition coefficient (Wildman–Crippen LogP) is 6.31. The molecule has 0 aliphatic heterocycles. The lowest BCUT2D eigenvalue weighted by Gasteiger charge is -2.57. The summed E-state index contributed by atoms with van der Waals surface area (Å²) in [5.74, 6) is 0.571. The first-order valence-electron chi connectivity index (χ1n) is 13.7. The second-order valence-corrected chi connectivity index (χ2v) is 13.0. The Kier molecular flexibility index (Phi) is 8.58. The molecule has 3 aliphatic carbocycles. The van der Waals surface area contributed by atoms with E-state index in [1.807, 2.05) is 12.1 Å². The number of fused-ring (bicyclic) bond motifs is 5. The maximum absolute atomic E-state index is 12.4. The number of aryl methyl sites for hydroxylation is 1. The van der Waals surface area contributed by atoms with Gasteiger partial charge in [0.25, 0.3) is 0 Å². The van der Waals surface area contributed by atoms with Gasteiger partial charge in [-0.05, 0) is 104 Å². The van der Waals surface area contributed by atoms with Crippen molar-refractivity contribution >= 4 is 16.0 Å². The number of nitrogens with one attached hydrogen (secondary N) is 1. The van der Waals surface area contributed by atoms with Gasteiger partial charge in [0, 0.05) is 0 Å². The lowest BCUT2D eigenvalue weighted by Crippen LogP contribution is -2.50. The molecule has 0 aromatic heterocycles. The summed E-state index contributed by atoms with van der Waals surface area (Å²) in [7, 11) is -4.35. The monoisotopic (exact) mass is 559 g/mol. The molecule has 0 bridgehead atoms. The van der Waals surface area contributed by atoms with Crippen LogP contribution in [0.5, 0.6) is 0 Å². The van der Waals surface area contributed by atoms with E-state index in [2.05, 4.69) is 23.8 Å². The maximum atomic E-state index is 12.4. The molecule has 6 atom stereocenters. The Morgan fingerprint density at radius 2 is 1.87 bits per heavy atom. The Balaban J connectivity index is 1.46. The zero-order valence-corrected chi connectivity index (χ0v) is 22.7. The molecule has 0 spiro atoms. The van der Waals surface area contributed by atoms with Gasteiger partial charge in [0.05, 0.1) is 11.8 Å². The normalized spacial score (nSPS) is 32.0. The Morgan fingerprint density at radius 3 is 2.58 bits per heavy atom. The third-order valence-electron chi connectivity index (χ3n) is 9.55. The SMILES string of the molecule is C[C@]12CCC3c4ccc(NS(=O)(=O)O)cc4CCC3(C=CCCCCCC[C@H](O)C(F)(F)F)C1CC[C@@H]2O. The summed E-state index contributed by atoms with van der Waals surface area (Å²) in [6.45, 7) is 2.21. The van der Waals surface area contributed by atoms with E-state index in [1.54, 1.807) is 6.07 Å². The smallest absolute Gasteiger partial charge is 0.393 e. The standard InChI is InChI=1S/C28H40F3NO5S/c1-26-16-14-22-21-10-9-20(32-38(35,36)37)18-19(21)13-17-27(22,23(26)11-12-24(26)33)15-7-5-3-2-4-6-8-25(34)28(29,30)31/h7,9-10,15,18,22-25,32-34H,2-6,8,11-14,16-17H2,1H3,(H,35,36,37)/t22?,23?,24-,25-,26-,27?/m0/s1. The van der Waals surface area contributed by atoms with Crippen LogP contribution in [0.2, 0.25) is 0 Å². The van der Waals surface area contributed by atoms with Crippen molar-refractivity contribution < 1.29 is 36.4 Å². The Hall–Kier alpha value is -1.62. The van der Waals surface area contributed by atoms with Crippen LogP contribution in [-0.4, -0.2) is 41.6 Å². The molecule has 0 radical (unpaired) electrons. The number of aliphatic hydroxyl groups is 2. The molecule has 2 saturated carbocycles. The van der Waals surface area contributed by atoms with Gasteiger partial charge in [0.1, 0.15) is 6.10 Å². The zero-order chi connectivity index (χ0) is 27.8. The quantitative estimate of drug-likeness (QED) is 0.153. The minimum Gasteiger partial charge on any atom is -0.393 e. The molecular weight excluding hydrogens is 519 g/mol. The van der Waals surface area contributed by atoms with Crippen LogP contribution in [0.1, 0.15) is 94.6 Å².